The molecular formula is C15H19F2NO3. The smallest absolute Gasteiger partial charge is 0.387 e. The number of nitrogens with zero attached hydrogens (tertiary/aromatic N) is 1. The highest BCUT2D eigenvalue weighted by molar-refractivity contribution is 5.70. The Bertz CT molecular complexity index is 496. The van der Waals surface area contributed by atoms with Crippen LogP contribution >= 0.6 is 0 Å². The van der Waals surface area contributed by atoms with Crippen molar-refractivity contribution in [3.05, 3.63) is 29.8 Å². The molecule has 1 N–H and O–H groups in total. The van der Waals surface area contributed by atoms with Crippen molar-refractivity contribution in [1.29, 1.82) is 0 Å². The van der Waals surface area contributed by atoms with Gasteiger partial charge < -0.3 is 9.84 Å². The number of piperidine rings is 1. The fraction of sp³-hybridized carbons (Fsp3) is 0.533. The van der Waals surface area contributed by atoms with Crippen molar-refractivity contribution in [3.63, 3.8) is 0 Å². The fourth-order valence-electron chi connectivity index (χ4n) is 2.85. The van der Waals surface area contributed by atoms with Gasteiger partial charge in [-0.3, -0.25) is 9.69 Å². The maximum Gasteiger partial charge on any atom is 0.387 e. The average Bonchev–Trinajstić information content (AvgIpc) is 2.37. The number of aliphatic carboxylic acids is 1. The number of carbonyl (C=O) groups is 1. The van der Waals surface area contributed by atoms with Crippen LogP contribution in [0.2, 0.25) is 0 Å². The predicted octanol–water partition coefficient (Wildman–Crippen LogP) is 2.83. The first-order valence-electron chi connectivity index (χ1n) is 6.93. The normalized spacial score (nSPS) is 23.2. The summed E-state index contributed by atoms with van der Waals surface area (Å²) in [5, 5.41) is 9.15. The van der Waals surface area contributed by atoms with Crippen molar-refractivity contribution in [2.24, 2.45) is 11.8 Å². The summed E-state index contributed by atoms with van der Waals surface area (Å²) in [5.41, 5.74) is 0.839. The lowest BCUT2D eigenvalue weighted by atomic mass is 9.90. The monoisotopic (exact) mass is 299 g/mol. The average molecular weight is 299 g/mol. The molecule has 116 valence electrons. The number of hydrogen-bond acceptors (Lipinski definition) is 3. The number of carboxylic acids is 1. The third-order valence-electron chi connectivity index (χ3n) is 3.61. The molecule has 0 spiro atoms. The second-order valence-corrected chi connectivity index (χ2v) is 5.60. The van der Waals surface area contributed by atoms with E-state index in [1.807, 2.05) is 13.0 Å². The molecule has 0 amide bonds. The van der Waals surface area contributed by atoms with Crippen LogP contribution in [0.5, 0.6) is 5.75 Å². The van der Waals surface area contributed by atoms with Crippen LogP contribution in [-0.2, 0) is 11.3 Å². The third kappa shape index (κ3) is 4.67. The lowest BCUT2D eigenvalue weighted by molar-refractivity contribution is -0.144. The summed E-state index contributed by atoms with van der Waals surface area (Å²) in [6.45, 7) is 1.02. The number of halogens is 2. The van der Waals surface area contributed by atoms with Crippen LogP contribution in [0.4, 0.5) is 8.78 Å². The topological polar surface area (TPSA) is 49.8 Å². The quantitative estimate of drug-likeness (QED) is 0.908. The number of carboxylic acid groups (broad SMARTS) is 1. The molecule has 1 heterocycles. The predicted molar refractivity (Wildman–Crippen MR) is 73.3 cm³/mol. The van der Waals surface area contributed by atoms with Crippen LogP contribution in [0.3, 0.4) is 0 Å². The Morgan fingerprint density at radius 3 is 2.90 bits per heavy atom. The van der Waals surface area contributed by atoms with E-state index in [1.165, 1.54) is 6.07 Å². The highest BCUT2D eigenvalue weighted by Crippen LogP contribution is 2.24. The molecule has 6 heteroatoms. The minimum atomic E-state index is -2.84. The minimum Gasteiger partial charge on any atom is -0.481 e. The molecule has 2 rings (SSSR count). The number of ether oxygens (including phenoxy) is 1. The molecule has 0 aromatic heterocycles. The van der Waals surface area contributed by atoms with Crippen molar-refractivity contribution in [1.82, 2.24) is 4.90 Å². The van der Waals surface area contributed by atoms with E-state index in [4.69, 9.17) is 5.11 Å². The second-order valence-electron chi connectivity index (χ2n) is 5.60. The molecule has 2 atom stereocenters. The van der Waals surface area contributed by atoms with Crippen LogP contribution in [-0.4, -0.2) is 35.7 Å². The molecule has 0 bridgehead atoms. The van der Waals surface area contributed by atoms with Crippen LogP contribution in [0.15, 0.2) is 24.3 Å². The summed E-state index contributed by atoms with van der Waals surface area (Å²) in [5.74, 6) is -0.710. The molecule has 21 heavy (non-hydrogen) atoms. The first-order chi connectivity index (χ1) is 9.94. The van der Waals surface area contributed by atoms with Crippen molar-refractivity contribution >= 4 is 5.97 Å². The maximum absolute atomic E-state index is 12.2. The van der Waals surface area contributed by atoms with Crippen molar-refractivity contribution in [2.45, 2.75) is 26.5 Å². The van der Waals surface area contributed by atoms with Gasteiger partial charge in [0.2, 0.25) is 0 Å². The van der Waals surface area contributed by atoms with E-state index in [1.54, 1.807) is 12.1 Å². The fourth-order valence-corrected chi connectivity index (χ4v) is 2.85. The molecule has 2 unspecified atom stereocenters. The van der Waals surface area contributed by atoms with Gasteiger partial charge in [-0.1, -0.05) is 19.1 Å². The van der Waals surface area contributed by atoms with E-state index in [2.05, 4.69) is 9.64 Å². The summed E-state index contributed by atoms with van der Waals surface area (Å²) in [6, 6.07) is 6.54. The Morgan fingerprint density at radius 2 is 2.24 bits per heavy atom. The van der Waals surface area contributed by atoms with E-state index in [0.717, 1.165) is 12.1 Å². The van der Waals surface area contributed by atoms with E-state index in [9.17, 15) is 13.6 Å². The lowest BCUT2D eigenvalue weighted by Crippen LogP contribution is -2.41. The first-order valence-corrected chi connectivity index (χ1v) is 6.93. The molecule has 1 aromatic rings. The Balaban J connectivity index is 2.01. The Hall–Kier alpha value is -1.69. The molecule has 1 aliphatic rings. The SMILES string of the molecule is CC1CC(C(=O)O)CN(Cc2cccc(OC(F)F)c2)C1. The zero-order chi connectivity index (χ0) is 15.4. The van der Waals surface area contributed by atoms with Gasteiger partial charge >= 0.3 is 12.6 Å². The van der Waals surface area contributed by atoms with Gasteiger partial charge in [-0.05, 0) is 30.0 Å². The zero-order valence-electron chi connectivity index (χ0n) is 11.8. The lowest BCUT2D eigenvalue weighted by Gasteiger charge is -2.34. The molecule has 4 nitrogen and oxygen atoms in total. The molecule has 0 radical (unpaired) electrons. The molecule has 1 aromatic carbocycles. The molecular weight excluding hydrogens is 280 g/mol. The number of hydrogen-bond donors (Lipinski definition) is 1. The third-order valence-corrected chi connectivity index (χ3v) is 3.61. The standard InChI is InChI=1S/C15H19F2NO3/c1-10-5-12(14(19)20)9-18(7-10)8-11-3-2-4-13(6-11)21-15(16)17/h2-4,6,10,12,15H,5,7-9H2,1H3,(H,19,20). The molecule has 1 saturated heterocycles. The van der Waals surface area contributed by atoms with Gasteiger partial charge in [0, 0.05) is 19.6 Å². The molecule has 0 saturated carbocycles. The number of rotatable bonds is 5. The van der Waals surface area contributed by atoms with Gasteiger partial charge in [0.25, 0.3) is 0 Å². The highest BCUT2D eigenvalue weighted by atomic mass is 19.3. The number of benzene rings is 1. The summed E-state index contributed by atoms with van der Waals surface area (Å²) in [7, 11) is 0. The number of alkyl halides is 2. The van der Waals surface area contributed by atoms with Crippen molar-refractivity contribution in [2.75, 3.05) is 13.1 Å². The van der Waals surface area contributed by atoms with Crippen molar-refractivity contribution < 1.29 is 23.4 Å². The summed E-state index contributed by atoms with van der Waals surface area (Å²) in [4.78, 5) is 13.2. The summed E-state index contributed by atoms with van der Waals surface area (Å²) >= 11 is 0. The Labute approximate surface area is 122 Å². The van der Waals surface area contributed by atoms with Crippen LogP contribution < -0.4 is 4.74 Å². The zero-order valence-corrected chi connectivity index (χ0v) is 11.8. The second kappa shape index (κ2) is 6.85. The van der Waals surface area contributed by atoms with Crippen LogP contribution in [0.1, 0.15) is 18.9 Å². The largest absolute Gasteiger partial charge is 0.481 e. The minimum absolute atomic E-state index is 0.127. The maximum atomic E-state index is 12.2. The molecule has 1 aliphatic heterocycles. The van der Waals surface area contributed by atoms with Gasteiger partial charge in [-0.25, -0.2) is 0 Å². The highest BCUT2D eigenvalue weighted by Gasteiger charge is 2.29. The van der Waals surface area contributed by atoms with Gasteiger partial charge in [0.1, 0.15) is 5.75 Å². The van der Waals surface area contributed by atoms with Crippen LogP contribution in [0.25, 0.3) is 0 Å². The summed E-state index contributed by atoms with van der Waals surface area (Å²) in [6.07, 6.45) is 0.681. The first kappa shape index (κ1) is 15.7. The molecule has 0 aliphatic carbocycles. The van der Waals surface area contributed by atoms with E-state index in [-0.39, 0.29) is 11.7 Å². The van der Waals surface area contributed by atoms with E-state index < -0.39 is 12.6 Å². The van der Waals surface area contributed by atoms with Gasteiger partial charge in [0.15, 0.2) is 0 Å². The Morgan fingerprint density at radius 1 is 1.48 bits per heavy atom. The number of likely N-dealkylation sites (tertiary alicyclic amines) is 1. The van der Waals surface area contributed by atoms with E-state index >= 15 is 0 Å². The summed E-state index contributed by atoms with van der Waals surface area (Å²) < 4.78 is 28.8. The van der Waals surface area contributed by atoms with Crippen LogP contribution in [0, 0.1) is 11.8 Å². The van der Waals surface area contributed by atoms with Crippen molar-refractivity contribution in [3.8, 4) is 5.75 Å². The van der Waals surface area contributed by atoms with E-state index in [0.29, 0.717) is 25.4 Å². The molecule has 1 fully saturated rings. The van der Waals surface area contributed by atoms with Gasteiger partial charge in [-0.2, -0.15) is 8.78 Å². The Kier molecular flexibility index (Phi) is 5.12. The van der Waals surface area contributed by atoms with Gasteiger partial charge in [-0.15, -0.1) is 0 Å². The van der Waals surface area contributed by atoms with Gasteiger partial charge in [0.05, 0.1) is 5.92 Å².